The summed E-state index contributed by atoms with van der Waals surface area (Å²) in [6.07, 6.45) is 0. The lowest BCUT2D eigenvalue weighted by molar-refractivity contribution is 0.384. The van der Waals surface area contributed by atoms with Crippen LogP contribution in [0.25, 0.3) is 11.4 Å². The van der Waals surface area contributed by atoms with E-state index in [2.05, 4.69) is 21.5 Å². The molecule has 0 atom stereocenters. The van der Waals surface area contributed by atoms with Crippen LogP contribution in [0.3, 0.4) is 0 Å². The van der Waals surface area contributed by atoms with Crippen LogP contribution in [0.4, 0.5) is 10.1 Å². The molecule has 3 aromatic rings. The van der Waals surface area contributed by atoms with Crippen LogP contribution in [-0.4, -0.2) is 10.1 Å². The van der Waals surface area contributed by atoms with Gasteiger partial charge in [0.25, 0.3) is 0 Å². The lowest BCUT2D eigenvalue weighted by atomic mass is 10.1. The van der Waals surface area contributed by atoms with E-state index in [9.17, 15) is 4.39 Å². The Morgan fingerprint density at radius 3 is 2.83 bits per heavy atom. The molecule has 120 valence electrons. The summed E-state index contributed by atoms with van der Waals surface area (Å²) in [6, 6.07) is 12.3. The number of anilines is 1. The van der Waals surface area contributed by atoms with Crippen LogP contribution >= 0.6 is 0 Å². The molecule has 1 heterocycles. The third-order valence-corrected chi connectivity index (χ3v) is 3.77. The molecule has 0 saturated carbocycles. The highest BCUT2D eigenvalue weighted by atomic mass is 19.1. The summed E-state index contributed by atoms with van der Waals surface area (Å²) >= 11 is 0. The van der Waals surface area contributed by atoms with Gasteiger partial charge < -0.3 is 9.84 Å². The Morgan fingerprint density at radius 1 is 1.25 bits per heavy atom. The van der Waals surface area contributed by atoms with E-state index in [0.717, 1.165) is 11.3 Å². The Balaban J connectivity index is 1.75. The fourth-order valence-electron chi connectivity index (χ4n) is 2.35. The summed E-state index contributed by atoms with van der Waals surface area (Å²) in [5.74, 6) is 0.558. The van der Waals surface area contributed by atoms with Crippen molar-refractivity contribution in [2.24, 2.45) is 0 Å². The van der Waals surface area contributed by atoms with E-state index in [4.69, 9.17) is 9.78 Å². The zero-order valence-electron chi connectivity index (χ0n) is 13.3. The van der Waals surface area contributed by atoms with Gasteiger partial charge in [-0.15, -0.1) is 0 Å². The minimum absolute atomic E-state index is 0.267. The normalized spacial score (nSPS) is 10.4. The van der Waals surface area contributed by atoms with Crippen LogP contribution in [0.5, 0.6) is 0 Å². The molecule has 0 spiro atoms. The molecule has 2 aromatic carbocycles. The van der Waals surface area contributed by atoms with Crippen LogP contribution < -0.4 is 5.32 Å². The highest BCUT2D eigenvalue weighted by Gasteiger charge is 2.11. The summed E-state index contributed by atoms with van der Waals surface area (Å²) in [5, 5.41) is 16.2. The molecule has 0 fully saturated rings. The van der Waals surface area contributed by atoms with Gasteiger partial charge >= 0.3 is 0 Å². The van der Waals surface area contributed by atoms with Crippen molar-refractivity contribution >= 4 is 5.69 Å². The van der Waals surface area contributed by atoms with Crippen molar-refractivity contribution in [2.75, 3.05) is 5.32 Å². The minimum Gasteiger partial charge on any atom is -0.376 e. The highest BCUT2D eigenvalue weighted by molar-refractivity contribution is 5.58. The van der Waals surface area contributed by atoms with Crippen LogP contribution in [0.1, 0.15) is 22.6 Å². The first-order valence-corrected chi connectivity index (χ1v) is 7.41. The van der Waals surface area contributed by atoms with Crippen molar-refractivity contribution in [1.82, 2.24) is 10.1 Å². The second-order valence-corrected chi connectivity index (χ2v) is 5.42. The Hall–Kier alpha value is -3.20. The topological polar surface area (TPSA) is 74.7 Å². The van der Waals surface area contributed by atoms with E-state index in [1.807, 2.05) is 19.1 Å². The predicted molar refractivity (Wildman–Crippen MR) is 87.6 cm³/mol. The maximum absolute atomic E-state index is 13.3. The van der Waals surface area contributed by atoms with Gasteiger partial charge in [0.1, 0.15) is 5.82 Å². The van der Waals surface area contributed by atoms with Crippen LogP contribution in [0, 0.1) is 31.0 Å². The number of aromatic nitrogens is 2. The van der Waals surface area contributed by atoms with Crippen molar-refractivity contribution in [3.05, 3.63) is 64.8 Å². The van der Waals surface area contributed by atoms with Gasteiger partial charge in [-0.2, -0.15) is 10.2 Å². The quantitative estimate of drug-likeness (QED) is 0.786. The lowest BCUT2D eigenvalue weighted by Gasteiger charge is -2.08. The fraction of sp³-hybridized carbons (Fsp3) is 0.167. The molecule has 0 aliphatic carbocycles. The first-order valence-electron chi connectivity index (χ1n) is 7.41. The molecule has 0 aliphatic rings. The SMILES string of the molecule is Cc1cc(-c2noc(CNc3cccc(C#N)c3C)n2)ccc1F. The van der Waals surface area contributed by atoms with Crippen LogP contribution in [0.15, 0.2) is 40.9 Å². The van der Waals surface area contributed by atoms with E-state index >= 15 is 0 Å². The van der Waals surface area contributed by atoms with E-state index in [0.29, 0.717) is 35.0 Å². The molecule has 0 amide bonds. The Labute approximate surface area is 138 Å². The van der Waals surface area contributed by atoms with Crippen molar-refractivity contribution in [3.63, 3.8) is 0 Å². The molecule has 0 radical (unpaired) electrons. The number of nitrogens with one attached hydrogen (secondary N) is 1. The van der Waals surface area contributed by atoms with Crippen LogP contribution in [0.2, 0.25) is 0 Å². The van der Waals surface area contributed by atoms with Crippen molar-refractivity contribution in [1.29, 1.82) is 5.26 Å². The summed E-state index contributed by atoms with van der Waals surface area (Å²) < 4.78 is 18.6. The van der Waals surface area contributed by atoms with Gasteiger partial charge in [-0.05, 0) is 55.3 Å². The summed E-state index contributed by atoms with van der Waals surface area (Å²) in [6.45, 7) is 3.90. The van der Waals surface area contributed by atoms with E-state index < -0.39 is 0 Å². The van der Waals surface area contributed by atoms with Gasteiger partial charge in [0.05, 0.1) is 18.2 Å². The number of rotatable bonds is 4. The zero-order valence-corrected chi connectivity index (χ0v) is 13.3. The smallest absolute Gasteiger partial charge is 0.246 e. The molecule has 0 aliphatic heterocycles. The van der Waals surface area contributed by atoms with Crippen molar-refractivity contribution in [2.45, 2.75) is 20.4 Å². The standard InChI is InChI=1S/C18H15FN4O/c1-11-8-13(6-7-15(11)19)18-22-17(24-23-18)10-21-16-5-3-4-14(9-20)12(16)2/h3-8,21H,10H2,1-2H3. The van der Waals surface area contributed by atoms with Gasteiger partial charge in [-0.25, -0.2) is 4.39 Å². The number of nitrogens with zero attached hydrogens (tertiary/aromatic N) is 3. The maximum atomic E-state index is 13.3. The number of benzene rings is 2. The molecular formula is C18H15FN4O. The van der Waals surface area contributed by atoms with Gasteiger partial charge in [0.2, 0.25) is 11.7 Å². The van der Waals surface area contributed by atoms with Gasteiger partial charge in [-0.3, -0.25) is 0 Å². The Bertz CT molecular complexity index is 927. The second kappa shape index (κ2) is 6.50. The first kappa shape index (κ1) is 15.7. The van der Waals surface area contributed by atoms with Gasteiger partial charge in [-0.1, -0.05) is 11.2 Å². The molecule has 24 heavy (non-hydrogen) atoms. The van der Waals surface area contributed by atoms with Gasteiger partial charge in [0.15, 0.2) is 0 Å². The Kier molecular flexibility index (Phi) is 4.25. The molecule has 6 heteroatoms. The highest BCUT2D eigenvalue weighted by Crippen LogP contribution is 2.21. The number of aryl methyl sites for hydroxylation is 1. The molecule has 1 aromatic heterocycles. The average Bonchev–Trinajstić information content (AvgIpc) is 3.05. The molecule has 1 N–H and O–H groups in total. The summed E-state index contributed by atoms with van der Waals surface area (Å²) in [5.41, 5.74) is 3.56. The monoisotopic (exact) mass is 322 g/mol. The molecular weight excluding hydrogens is 307 g/mol. The second-order valence-electron chi connectivity index (χ2n) is 5.42. The van der Waals surface area contributed by atoms with Crippen LogP contribution in [-0.2, 0) is 6.54 Å². The lowest BCUT2D eigenvalue weighted by Crippen LogP contribution is -2.02. The number of hydrogen-bond acceptors (Lipinski definition) is 5. The first-order chi connectivity index (χ1) is 11.6. The van der Waals surface area contributed by atoms with E-state index in [1.54, 1.807) is 25.1 Å². The van der Waals surface area contributed by atoms with E-state index in [-0.39, 0.29) is 5.82 Å². The number of nitriles is 1. The molecule has 3 rings (SSSR count). The third kappa shape index (κ3) is 3.10. The number of hydrogen-bond donors (Lipinski definition) is 1. The molecule has 0 saturated heterocycles. The van der Waals surface area contributed by atoms with E-state index in [1.165, 1.54) is 6.07 Å². The predicted octanol–water partition coefficient (Wildman–Crippen LogP) is 3.98. The molecule has 0 bridgehead atoms. The summed E-state index contributed by atoms with van der Waals surface area (Å²) in [7, 11) is 0. The third-order valence-electron chi connectivity index (χ3n) is 3.77. The zero-order chi connectivity index (χ0) is 17.1. The molecule has 0 unspecified atom stereocenters. The van der Waals surface area contributed by atoms with Crippen molar-refractivity contribution in [3.8, 4) is 17.5 Å². The summed E-state index contributed by atoms with van der Waals surface area (Å²) in [4.78, 5) is 4.31. The fourth-order valence-corrected chi connectivity index (χ4v) is 2.35. The van der Waals surface area contributed by atoms with Gasteiger partial charge in [0, 0.05) is 11.3 Å². The minimum atomic E-state index is -0.267. The number of halogens is 1. The average molecular weight is 322 g/mol. The van der Waals surface area contributed by atoms with Crippen molar-refractivity contribution < 1.29 is 8.91 Å². The maximum Gasteiger partial charge on any atom is 0.246 e. The largest absolute Gasteiger partial charge is 0.376 e. The Morgan fingerprint density at radius 2 is 2.08 bits per heavy atom. The molecule has 5 nitrogen and oxygen atoms in total.